The number of hydrogen-bond donors (Lipinski definition) is 2. The zero-order valence-electron chi connectivity index (χ0n) is 10.1. The van der Waals surface area contributed by atoms with Crippen molar-refractivity contribution in [3.63, 3.8) is 0 Å². The van der Waals surface area contributed by atoms with Gasteiger partial charge in [-0.05, 0) is 17.7 Å². The fraction of sp³-hybridized carbons (Fsp3) is 0.417. The molecule has 5 nitrogen and oxygen atoms in total. The molecular formula is C12H15FO5. The number of hydrogen-bond acceptors (Lipinski definition) is 5. The minimum Gasteiger partial charge on any atom is -0.494 e. The van der Waals surface area contributed by atoms with Gasteiger partial charge in [0.2, 0.25) is 0 Å². The number of benzene rings is 1. The van der Waals surface area contributed by atoms with Crippen LogP contribution in [0.2, 0.25) is 0 Å². The molecule has 2 unspecified atom stereocenters. The Morgan fingerprint density at radius 3 is 2.61 bits per heavy atom. The lowest BCUT2D eigenvalue weighted by Crippen LogP contribution is -2.22. The largest absolute Gasteiger partial charge is 0.494 e. The second kappa shape index (κ2) is 6.32. The predicted octanol–water partition coefficient (Wildman–Crippen LogP) is 0.792. The molecule has 0 saturated carbocycles. The first-order chi connectivity index (χ1) is 8.49. The van der Waals surface area contributed by atoms with Crippen molar-refractivity contribution in [2.75, 3.05) is 14.2 Å². The predicted molar refractivity (Wildman–Crippen MR) is 60.6 cm³/mol. The minimum atomic E-state index is -1.33. The first-order valence-electron chi connectivity index (χ1n) is 5.26. The molecule has 0 aliphatic heterocycles. The monoisotopic (exact) mass is 258 g/mol. The Labute approximate surface area is 104 Å². The summed E-state index contributed by atoms with van der Waals surface area (Å²) in [5, 5.41) is 19.4. The summed E-state index contributed by atoms with van der Waals surface area (Å²) in [6, 6.07) is 3.69. The molecule has 0 spiro atoms. The molecule has 1 rings (SSSR count). The Bertz CT molecular complexity index is 421. The third kappa shape index (κ3) is 3.41. The van der Waals surface area contributed by atoms with Crippen molar-refractivity contribution < 1.29 is 28.9 Å². The van der Waals surface area contributed by atoms with E-state index in [2.05, 4.69) is 4.74 Å². The highest BCUT2D eigenvalue weighted by Crippen LogP contribution is 2.25. The van der Waals surface area contributed by atoms with Gasteiger partial charge in [-0.2, -0.15) is 0 Å². The van der Waals surface area contributed by atoms with Crippen molar-refractivity contribution >= 4 is 5.97 Å². The third-order valence-electron chi connectivity index (χ3n) is 2.48. The van der Waals surface area contributed by atoms with Crippen LogP contribution in [0.25, 0.3) is 0 Å². The fourth-order valence-electron chi connectivity index (χ4n) is 1.45. The van der Waals surface area contributed by atoms with Crippen LogP contribution in [-0.2, 0) is 9.53 Å². The van der Waals surface area contributed by atoms with Gasteiger partial charge in [0.15, 0.2) is 11.6 Å². The number of halogens is 1. The number of carbonyl (C=O) groups excluding carboxylic acids is 1. The maximum atomic E-state index is 13.2. The Kier molecular flexibility index (Phi) is 5.06. The first-order valence-corrected chi connectivity index (χ1v) is 5.26. The van der Waals surface area contributed by atoms with Gasteiger partial charge >= 0.3 is 5.97 Å². The Morgan fingerprint density at radius 1 is 1.39 bits per heavy atom. The van der Waals surface area contributed by atoms with Crippen LogP contribution in [0.5, 0.6) is 5.75 Å². The molecule has 2 N–H and O–H groups in total. The van der Waals surface area contributed by atoms with Gasteiger partial charge in [-0.15, -0.1) is 0 Å². The van der Waals surface area contributed by atoms with Gasteiger partial charge in [0.1, 0.15) is 6.10 Å². The van der Waals surface area contributed by atoms with Crippen LogP contribution in [0.3, 0.4) is 0 Å². The van der Waals surface area contributed by atoms with Gasteiger partial charge in [0.05, 0.1) is 26.7 Å². The number of methoxy groups -OCH3 is 2. The molecule has 0 saturated heterocycles. The molecular weight excluding hydrogens is 243 g/mol. The van der Waals surface area contributed by atoms with Gasteiger partial charge in [-0.25, -0.2) is 4.39 Å². The second-order valence-electron chi connectivity index (χ2n) is 3.69. The summed E-state index contributed by atoms with van der Waals surface area (Å²) in [5.74, 6) is -1.26. The lowest BCUT2D eigenvalue weighted by molar-refractivity contribution is -0.144. The van der Waals surface area contributed by atoms with Crippen LogP contribution in [0.4, 0.5) is 4.39 Å². The van der Waals surface area contributed by atoms with E-state index in [-0.39, 0.29) is 17.7 Å². The van der Waals surface area contributed by atoms with Gasteiger partial charge < -0.3 is 19.7 Å². The van der Waals surface area contributed by atoms with Crippen molar-refractivity contribution in [1.29, 1.82) is 0 Å². The van der Waals surface area contributed by atoms with Crippen LogP contribution in [0, 0.1) is 5.82 Å². The van der Waals surface area contributed by atoms with Gasteiger partial charge in [-0.1, -0.05) is 6.07 Å². The molecule has 0 radical (unpaired) electrons. The Morgan fingerprint density at radius 2 is 2.06 bits per heavy atom. The summed E-state index contributed by atoms with van der Waals surface area (Å²) >= 11 is 0. The molecule has 0 bridgehead atoms. The summed E-state index contributed by atoms with van der Waals surface area (Å²) in [7, 11) is 2.47. The van der Waals surface area contributed by atoms with E-state index in [1.165, 1.54) is 26.4 Å². The smallest absolute Gasteiger partial charge is 0.308 e. The molecule has 100 valence electrons. The Balaban J connectivity index is 2.83. The zero-order chi connectivity index (χ0) is 13.7. The molecule has 0 aromatic heterocycles. The molecule has 1 aromatic rings. The van der Waals surface area contributed by atoms with E-state index in [1.54, 1.807) is 0 Å². The van der Waals surface area contributed by atoms with Gasteiger partial charge in [0, 0.05) is 0 Å². The SMILES string of the molecule is COC(=O)CC(O)C(O)c1ccc(F)c(OC)c1. The summed E-state index contributed by atoms with van der Waals surface area (Å²) in [6.07, 6.45) is -3.00. The quantitative estimate of drug-likeness (QED) is 0.764. The van der Waals surface area contributed by atoms with Crippen molar-refractivity contribution in [1.82, 2.24) is 0 Å². The maximum absolute atomic E-state index is 13.2. The zero-order valence-corrected chi connectivity index (χ0v) is 10.1. The average Bonchev–Trinajstić information content (AvgIpc) is 2.38. The number of ether oxygens (including phenoxy) is 2. The summed E-state index contributed by atoms with van der Waals surface area (Å²) in [4.78, 5) is 11.0. The van der Waals surface area contributed by atoms with E-state index in [0.29, 0.717) is 0 Å². The highest BCUT2D eigenvalue weighted by Gasteiger charge is 2.22. The maximum Gasteiger partial charge on any atom is 0.308 e. The molecule has 0 amide bonds. The summed E-state index contributed by atoms with van der Waals surface area (Å²) in [6.45, 7) is 0. The minimum absolute atomic E-state index is 0.0446. The lowest BCUT2D eigenvalue weighted by atomic mass is 10.0. The number of aliphatic hydroxyl groups excluding tert-OH is 2. The van der Waals surface area contributed by atoms with Crippen LogP contribution in [0.1, 0.15) is 18.1 Å². The molecule has 18 heavy (non-hydrogen) atoms. The van der Waals surface area contributed by atoms with Crippen molar-refractivity contribution in [2.24, 2.45) is 0 Å². The van der Waals surface area contributed by atoms with Crippen molar-refractivity contribution in [3.05, 3.63) is 29.6 Å². The van der Waals surface area contributed by atoms with E-state index < -0.39 is 24.0 Å². The number of carbonyl (C=O) groups is 1. The number of rotatable bonds is 5. The average molecular weight is 258 g/mol. The van der Waals surface area contributed by atoms with Gasteiger partial charge in [-0.3, -0.25) is 4.79 Å². The first kappa shape index (κ1) is 14.4. The topological polar surface area (TPSA) is 76.0 Å². The highest BCUT2D eigenvalue weighted by molar-refractivity contribution is 5.69. The van der Waals surface area contributed by atoms with Crippen LogP contribution in [-0.4, -0.2) is 36.5 Å². The van der Waals surface area contributed by atoms with E-state index in [4.69, 9.17) is 4.74 Å². The van der Waals surface area contributed by atoms with Crippen LogP contribution in [0.15, 0.2) is 18.2 Å². The van der Waals surface area contributed by atoms with Crippen molar-refractivity contribution in [3.8, 4) is 5.75 Å². The van der Waals surface area contributed by atoms with Crippen LogP contribution < -0.4 is 4.74 Å². The summed E-state index contributed by atoms with van der Waals surface area (Å²) < 4.78 is 22.3. The molecule has 2 atom stereocenters. The molecule has 0 aliphatic rings. The Hall–Kier alpha value is -1.66. The molecule has 1 aromatic carbocycles. The third-order valence-corrected chi connectivity index (χ3v) is 2.48. The second-order valence-corrected chi connectivity index (χ2v) is 3.69. The van der Waals surface area contributed by atoms with E-state index in [0.717, 1.165) is 6.07 Å². The van der Waals surface area contributed by atoms with Crippen molar-refractivity contribution in [2.45, 2.75) is 18.6 Å². The van der Waals surface area contributed by atoms with E-state index in [9.17, 15) is 19.4 Å². The fourth-order valence-corrected chi connectivity index (χ4v) is 1.45. The van der Waals surface area contributed by atoms with E-state index >= 15 is 0 Å². The normalized spacial score (nSPS) is 13.8. The summed E-state index contributed by atoms with van der Waals surface area (Å²) in [5.41, 5.74) is 0.254. The lowest BCUT2D eigenvalue weighted by Gasteiger charge is -2.17. The number of esters is 1. The highest BCUT2D eigenvalue weighted by atomic mass is 19.1. The molecule has 0 aliphatic carbocycles. The molecule has 0 fully saturated rings. The number of aliphatic hydroxyl groups is 2. The van der Waals surface area contributed by atoms with Crippen LogP contribution >= 0.6 is 0 Å². The standard InChI is InChI=1S/C12H15FO5/c1-17-10-5-7(3-4-8(10)13)12(16)9(14)6-11(15)18-2/h3-5,9,12,14,16H,6H2,1-2H3. The van der Waals surface area contributed by atoms with Gasteiger partial charge in [0.25, 0.3) is 0 Å². The molecule has 0 heterocycles. The molecule has 6 heteroatoms. The van der Waals surface area contributed by atoms with E-state index in [1.807, 2.05) is 0 Å².